The molecule has 2 aromatic heterocycles. The Kier molecular flexibility index (Phi) is 4.20. The summed E-state index contributed by atoms with van der Waals surface area (Å²) in [5.41, 5.74) is 1.09. The summed E-state index contributed by atoms with van der Waals surface area (Å²) in [5.74, 6) is 2.87. The van der Waals surface area contributed by atoms with E-state index in [4.69, 9.17) is 9.47 Å². The lowest BCUT2D eigenvalue weighted by atomic mass is 10.1. The maximum atomic E-state index is 5.64. The molecule has 0 amide bonds. The highest BCUT2D eigenvalue weighted by molar-refractivity contribution is 5.25. The van der Waals surface area contributed by atoms with Gasteiger partial charge in [-0.15, -0.1) is 10.2 Å². The fraction of sp³-hybridized carbons (Fsp3) is 0.588. The van der Waals surface area contributed by atoms with E-state index in [9.17, 15) is 0 Å². The minimum atomic E-state index is 0.215. The van der Waals surface area contributed by atoms with Gasteiger partial charge in [-0.05, 0) is 18.9 Å². The van der Waals surface area contributed by atoms with Crippen LogP contribution in [0.2, 0.25) is 0 Å². The van der Waals surface area contributed by atoms with Gasteiger partial charge >= 0.3 is 0 Å². The summed E-state index contributed by atoms with van der Waals surface area (Å²) in [4.78, 5) is 6.72. The van der Waals surface area contributed by atoms with Crippen molar-refractivity contribution >= 4 is 0 Å². The molecule has 128 valence electrons. The molecule has 1 saturated heterocycles. The van der Waals surface area contributed by atoms with Crippen molar-refractivity contribution in [2.45, 2.75) is 44.5 Å². The molecule has 7 heteroatoms. The molecule has 2 atom stereocenters. The zero-order chi connectivity index (χ0) is 16.5. The summed E-state index contributed by atoms with van der Waals surface area (Å²) >= 11 is 0. The number of aromatic nitrogens is 4. The normalized spacial score (nSPS) is 23.6. The molecule has 0 N–H and O–H groups in total. The van der Waals surface area contributed by atoms with E-state index in [1.54, 1.807) is 20.4 Å². The number of likely N-dealkylation sites (tertiary alicyclic amines) is 1. The highest BCUT2D eigenvalue weighted by Gasteiger charge is 2.37. The molecule has 0 unspecified atom stereocenters. The predicted molar refractivity (Wildman–Crippen MR) is 87.7 cm³/mol. The van der Waals surface area contributed by atoms with E-state index < -0.39 is 0 Å². The number of rotatable bonds is 5. The van der Waals surface area contributed by atoms with Crippen LogP contribution in [0.4, 0.5) is 0 Å². The molecular formula is C17H23N5O2. The van der Waals surface area contributed by atoms with Crippen molar-refractivity contribution in [1.82, 2.24) is 24.6 Å². The molecule has 0 aromatic carbocycles. The summed E-state index contributed by atoms with van der Waals surface area (Å²) in [6.07, 6.45) is 5.11. The maximum Gasteiger partial charge on any atom is 0.217 e. The molecule has 24 heavy (non-hydrogen) atoms. The summed E-state index contributed by atoms with van der Waals surface area (Å²) in [6.45, 7) is 2.67. The number of hydrogen-bond acceptors (Lipinski definition) is 6. The second-order valence-electron chi connectivity index (χ2n) is 6.44. The van der Waals surface area contributed by atoms with Gasteiger partial charge in [0.2, 0.25) is 5.88 Å². The number of ether oxygens (including phenoxy) is 2. The van der Waals surface area contributed by atoms with Crippen LogP contribution in [0.25, 0.3) is 0 Å². The van der Waals surface area contributed by atoms with E-state index in [2.05, 4.69) is 30.7 Å². The van der Waals surface area contributed by atoms with Gasteiger partial charge in [0, 0.05) is 44.9 Å². The lowest BCUT2D eigenvalue weighted by Crippen LogP contribution is -2.26. The van der Waals surface area contributed by atoms with Gasteiger partial charge in [-0.2, -0.15) is 0 Å². The van der Waals surface area contributed by atoms with Crippen LogP contribution < -0.4 is 4.74 Å². The van der Waals surface area contributed by atoms with E-state index in [0.29, 0.717) is 5.88 Å². The SMILES string of the molecule is COc1ncccc1CN1C[C@H](OC)C[C@H]1c1nnc2n1CCC2. The fourth-order valence-corrected chi connectivity index (χ4v) is 3.84. The minimum absolute atomic E-state index is 0.215. The van der Waals surface area contributed by atoms with Crippen molar-refractivity contribution in [3.8, 4) is 5.88 Å². The molecule has 7 nitrogen and oxygen atoms in total. The van der Waals surface area contributed by atoms with Crippen molar-refractivity contribution in [3.05, 3.63) is 35.5 Å². The second-order valence-corrected chi connectivity index (χ2v) is 6.44. The molecule has 2 aromatic rings. The molecule has 0 bridgehead atoms. The first-order valence-electron chi connectivity index (χ1n) is 8.47. The number of pyridine rings is 1. The largest absolute Gasteiger partial charge is 0.481 e. The predicted octanol–water partition coefficient (Wildman–Crippen LogP) is 1.59. The van der Waals surface area contributed by atoms with Crippen molar-refractivity contribution in [3.63, 3.8) is 0 Å². The van der Waals surface area contributed by atoms with E-state index in [1.165, 1.54) is 0 Å². The van der Waals surface area contributed by atoms with Crippen LogP contribution in [0.1, 0.15) is 36.1 Å². The van der Waals surface area contributed by atoms with Gasteiger partial charge in [0.05, 0.1) is 19.3 Å². The monoisotopic (exact) mass is 329 g/mol. The standard InChI is InChI=1S/C17H23N5O2/c1-23-13-9-14(16-20-19-15-6-4-8-22(15)16)21(11-13)10-12-5-3-7-18-17(12)24-2/h3,5,7,13-14H,4,6,8-11H2,1-2H3/t13-,14+/m1/s1. The number of nitrogens with zero attached hydrogens (tertiary/aromatic N) is 5. The zero-order valence-electron chi connectivity index (χ0n) is 14.2. The van der Waals surface area contributed by atoms with Gasteiger partial charge in [-0.1, -0.05) is 6.07 Å². The lowest BCUT2D eigenvalue weighted by molar-refractivity contribution is 0.107. The van der Waals surface area contributed by atoms with Crippen LogP contribution in [0.3, 0.4) is 0 Å². The van der Waals surface area contributed by atoms with E-state index in [0.717, 1.165) is 56.1 Å². The molecule has 0 saturated carbocycles. The first kappa shape index (κ1) is 15.5. The summed E-state index contributed by atoms with van der Waals surface area (Å²) < 4.78 is 13.3. The Hall–Kier alpha value is -1.99. The quantitative estimate of drug-likeness (QED) is 0.830. The minimum Gasteiger partial charge on any atom is -0.481 e. The Morgan fingerprint density at radius 3 is 3.04 bits per heavy atom. The Balaban J connectivity index is 1.62. The molecule has 4 rings (SSSR count). The molecule has 1 fully saturated rings. The molecule has 4 heterocycles. The third-order valence-corrected chi connectivity index (χ3v) is 5.05. The molecule has 0 radical (unpaired) electrons. The van der Waals surface area contributed by atoms with Crippen molar-refractivity contribution in [2.75, 3.05) is 20.8 Å². The summed E-state index contributed by atoms with van der Waals surface area (Å²) in [5, 5.41) is 8.87. The van der Waals surface area contributed by atoms with Gasteiger partial charge in [-0.3, -0.25) is 4.90 Å². The van der Waals surface area contributed by atoms with Crippen LogP contribution in [-0.4, -0.2) is 51.5 Å². The number of hydrogen-bond donors (Lipinski definition) is 0. The topological polar surface area (TPSA) is 65.3 Å². The Morgan fingerprint density at radius 1 is 1.29 bits per heavy atom. The first-order chi connectivity index (χ1) is 11.8. The number of methoxy groups -OCH3 is 2. The lowest BCUT2D eigenvalue weighted by Gasteiger charge is -2.24. The fourth-order valence-electron chi connectivity index (χ4n) is 3.84. The summed E-state index contributed by atoms with van der Waals surface area (Å²) in [7, 11) is 3.45. The van der Waals surface area contributed by atoms with Crippen LogP contribution in [-0.2, 0) is 24.2 Å². The molecular weight excluding hydrogens is 306 g/mol. The smallest absolute Gasteiger partial charge is 0.217 e. The van der Waals surface area contributed by atoms with Gasteiger partial charge in [0.25, 0.3) is 0 Å². The van der Waals surface area contributed by atoms with E-state index in [-0.39, 0.29) is 12.1 Å². The van der Waals surface area contributed by atoms with Crippen molar-refractivity contribution in [2.24, 2.45) is 0 Å². The third kappa shape index (κ3) is 2.67. The van der Waals surface area contributed by atoms with Crippen molar-refractivity contribution < 1.29 is 9.47 Å². The van der Waals surface area contributed by atoms with Gasteiger partial charge in [-0.25, -0.2) is 4.98 Å². The average molecular weight is 329 g/mol. The van der Waals surface area contributed by atoms with Crippen LogP contribution in [0.15, 0.2) is 18.3 Å². The summed E-state index contributed by atoms with van der Waals surface area (Å²) in [6, 6.07) is 4.24. The van der Waals surface area contributed by atoms with Crippen LogP contribution in [0.5, 0.6) is 5.88 Å². The van der Waals surface area contributed by atoms with E-state index in [1.807, 2.05) is 6.07 Å². The highest BCUT2D eigenvalue weighted by Crippen LogP contribution is 2.35. The van der Waals surface area contributed by atoms with Crippen LogP contribution in [0, 0.1) is 0 Å². The first-order valence-corrected chi connectivity index (χ1v) is 8.47. The van der Waals surface area contributed by atoms with E-state index >= 15 is 0 Å². The van der Waals surface area contributed by atoms with Gasteiger partial charge in [0.1, 0.15) is 5.82 Å². The zero-order valence-corrected chi connectivity index (χ0v) is 14.2. The Labute approximate surface area is 141 Å². The number of fused-ring (bicyclic) bond motifs is 1. The van der Waals surface area contributed by atoms with Crippen LogP contribution >= 0.6 is 0 Å². The molecule has 0 spiro atoms. The molecule has 2 aliphatic rings. The second kappa shape index (κ2) is 6.49. The number of aryl methyl sites for hydroxylation is 1. The van der Waals surface area contributed by atoms with Crippen molar-refractivity contribution in [1.29, 1.82) is 0 Å². The molecule has 0 aliphatic carbocycles. The Bertz CT molecular complexity index is 717. The third-order valence-electron chi connectivity index (χ3n) is 5.05. The Morgan fingerprint density at radius 2 is 2.21 bits per heavy atom. The van der Waals surface area contributed by atoms with Gasteiger partial charge in [0.15, 0.2) is 5.82 Å². The average Bonchev–Trinajstić information content (AvgIpc) is 3.30. The molecule has 2 aliphatic heterocycles. The van der Waals surface area contributed by atoms with Gasteiger partial charge < -0.3 is 14.0 Å². The maximum absolute atomic E-state index is 5.64. The highest BCUT2D eigenvalue weighted by atomic mass is 16.5.